The largest absolute Gasteiger partial charge is 0.480 e. The number of carboxylic acids is 1. The lowest BCUT2D eigenvalue weighted by Gasteiger charge is -2.30. The molecule has 5 nitrogen and oxygen atoms in total. The number of hydrogen-bond acceptors (Lipinski definition) is 2. The molecule has 90 valence electrons. The molecular formula is C11H18N2O3. The maximum Gasteiger partial charge on any atom is 0.323 e. The van der Waals surface area contributed by atoms with E-state index in [2.05, 4.69) is 5.92 Å². The first kappa shape index (κ1) is 14.3. The summed E-state index contributed by atoms with van der Waals surface area (Å²) in [6, 6.07) is -0.474. The third-order valence-electron chi connectivity index (χ3n) is 2.33. The van der Waals surface area contributed by atoms with Crippen LogP contribution >= 0.6 is 0 Å². The van der Waals surface area contributed by atoms with Crippen molar-refractivity contribution in [2.45, 2.75) is 26.3 Å². The van der Waals surface area contributed by atoms with Crippen LogP contribution in [0, 0.1) is 12.3 Å². The average molecular weight is 226 g/mol. The van der Waals surface area contributed by atoms with Crippen LogP contribution in [0.15, 0.2) is 0 Å². The normalized spacial score (nSPS) is 11.4. The number of nitrogens with zero attached hydrogens (tertiary/aromatic N) is 2. The Bertz CT molecular complexity index is 296. The van der Waals surface area contributed by atoms with Crippen molar-refractivity contribution in [1.82, 2.24) is 9.80 Å². The highest BCUT2D eigenvalue weighted by atomic mass is 16.4. The van der Waals surface area contributed by atoms with E-state index >= 15 is 0 Å². The summed E-state index contributed by atoms with van der Waals surface area (Å²) >= 11 is 0. The molecule has 1 atom stereocenters. The summed E-state index contributed by atoms with van der Waals surface area (Å²) in [6.07, 6.45) is 5.80. The van der Waals surface area contributed by atoms with Gasteiger partial charge >= 0.3 is 12.0 Å². The monoisotopic (exact) mass is 226 g/mol. The van der Waals surface area contributed by atoms with Crippen LogP contribution in [-0.4, -0.2) is 53.1 Å². The molecule has 0 radical (unpaired) electrons. The summed E-state index contributed by atoms with van der Waals surface area (Å²) in [5.41, 5.74) is 0. The molecule has 0 aromatic rings. The lowest BCUT2D eigenvalue weighted by atomic mass is 10.2. The maximum absolute atomic E-state index is 11.9. The Morgan fingerprint density at radius 2 is 2.06 bits per heavy atom. The molecule has 0 fully saturated rings. The van der Waals surface area contributed by atoms with E-state index in [0.717, 1.165) is 0 Å². The molecule has 0 spiro atoms. The summed E-state index contributed by atoms with van der Waals surface area (Å²) in [5, 5.41) is 8.74. The van der Waals surface area contributed by atoms with E-state index in [1.807, 2.05) is 13.8 Å². The summed E-state index contributed by atoms with van der Waals surface area (Å²) in [4.78, 5) is 25.2. The van der Waals surface area contributed by atoms with Crippen LogP contribution in [0.25, 0.3) is 0 Å². The van der Waals surface area contributed by atoms with Gasteiger partial charge in [0.1, 0.15) is 6.54 Å². The van der Waals surface area contributed by atoms with Gasteiger partial charge in [0, 0.05) is 13.1 Å². The predicted octanol–water partition coefficient (Wildman–Crippen LogP) is 0.856. The van der Waals surface area contributed by atoms with Crippen molar-refractivity contribution < 1.29 is 14.7 Å². The molecule has 1 unspecified atom stereocenters. The van der Waals surface area contributed by atoms with Gasteiger partial charge in [0.2, 0.25) is 0 Å². The van der Waals surface area contributed by atoms with Gasteiger partial charge in [0.15, 0.2) is 0 Å². The number of hydrogen-bond donors (Lipinski definition) is 1. The second-order valence-corrected chi connectivity index (χ2v) is 3.62. The van der Waals surface area contributed by atoms with Crippen molar-refractivity contribution in [3.8, 4) is 12.3 Å². The van der Waals surface area contributed by atoms with Crippen LogP contribution in [0.1, 0.15) is 20.3 Å². The van der Waals surface area contributed by atoms with Crippen molar-refractivity contribution in [2.24, 2.45) is 0 Å². The number of urea groups is 1. The first-order chi connectivity index (χ1) is 7.43. The quantitative estimate of drug-likeness (QED) is 0.707. The van der Waals surface area contributed by atoms with E-state index in [9.17, 15) is 9.59 Å². The van der Waals surface area contributed by atoms with Gasteiger partial charge < -0.3 is 14.9 Å². The van der Waals surface area contributed by atoms with Gasteiger partial charge in [-0.15, -0.1) is 6.42 Å². The molecule has 5 heteroatoms. The van der Waals surface area contributed by atoms with Gasteiger partial charge in [0.05, 0.1) is 6.54 Å². The minimum absolute atomic E-state index is 0.121. The topological polar surface area (TPSA) is 60.9 Å². The van der Waals surface area contributed by atoms with Crippen molar-refractivity contribution >= 4 is 12.0 Å². The average Bonchev–Trinajstić information content (AvgIpc) is 2.24. The van der Waals surface area contributed by atoms with Crippen LogP contribution in [0.5, 0.6) is 0 Å². The Morgan fingerprint density at radius 1 is 1.50 bits per heavy atom. The number of aliphatic carboxylic acids is 1. The molecule has 0 aromatic heterocycles. The van der Waals surface area contributed by atoms with E-state index in [0.29, 0.717) is 6.42 Å². The highest BCUT2D eigenvalue weighted by molar-refractivity contribution is 5.80. The molecular weight excluding hydrogens is 208 g/mol. The number of rotatable bonds is 5. The molecule has 0 aliphatic rings. The number of terminal acetylenes is 1. The number of carbonyl (C=O) groups is 2. The molecule has 0 aliphatic heterocycles. The molecule has 0 aliphatic carbocycles. The Balaban J connectivity index is 4.69. The molecule has 0 saturated heterocycles. The Kier molecular flexibility index (Phi) is 6.01. The van der Waals surface area contributed by atoms with Gasteiger partial charge in [-0.05, 0) is 13.3 Å². The summed E-state index contributed by atoms with van der Waals surface area (Å²) in [7, 11) is 1.55. The number of carbonyl (C=O) groups excluding carboxylic acids is 1. The van der Waals surface area contributed by atoms with Crippen LogP contribution in [-0.2, 0) is 4.79 Å². The van der Waals surface area contributed by atoms with Crippen LogP contribution in [0.2, 0.25) is 0 Å². The van der Waals surface area contributed by atoms with E-state index in [4.69, 9.17) is 11.5 Å². The van der Waals surface area contributed by atoms with E-state index in [1.54, 1.807) is 7.05 Å². The molecule has 0 aromatic carbocycles. The highest BCUT2D eigenvalue weighted by Crippen LogP contribution is 2.06. The smallest absolute Gasteiger partial charge is 0.323 e. The fourth-order valence-electron chi connectivity index (χ4n) is 1.20. The number of amides is 2. The van der Waals surface area contributed by atoms with Gasteiger partial charge in [-0.25, -0.2) is 4.79 Å². The second kappa shape index (κ2) is 6.72. The Hall–Kier alpha value is -1.70. The summed E-state index contributed by atoms with van der Waals surface area (Å²) < 4.78 is 0. The fourth-order valence-corrected chi connectivity index (χ4v) is 1.20. The zero-order chi connectivity index (χ0) is 12.7. The van der Waals surface area contributed by atoms with Crippen LogP contribution < -0.4 is 0 Å². The SMILES string of the molecule is C#CCN(C)C(=O)N(CC(=O)O)C(C)CC. The fraction of sp³-hybridized carbons (Fsp3) is 0.636. The molecule has 0 bridgehead atoms. The molecule has 0 heterocycles. The first-order valence-electron chi connectivity index (χ1n) is 5.11. The van der Waals surface area contributed by atoms with E-state index in [-0.39, 0.29) is 25.2 Å². The molecule has 0 saturated carbocycles. The molecule has 0 rings (SSSR count). The predicted molar refractivity (Wildman–Crippen MR) is 61.0 cm³/mol. The number of carboxylic acid groups (broad SMARTS) is 1. The molecule has 16 heavy (non-hydrogen) atoms. The lowest BCUT2D eigenvalue weighted by molar-refractivity contribution is -0.138. The summed E-state index contributed by atoms with van der Waals surface area (Å²) in [5.74, 6) is 1.32. The van der Waals surface area contributed by atoms with Crippen molar-refractivity contribution in [1.29, 1.82) is 0 Å². The zero-order valence-electron chi connectivity index (χ0n) is 9.93. The second-order valence-electron chi connectivity index (χ2n) is 3.62. The van der Waals surface area contributed by atoms with Crippen LogP contribution in [0.3, 0.4) is 0 Å². The third kappa shape index (κ3) is 4.22. The maximum atomic E-state index is 11.9. The minimum atomic E-state index is -1.03. The van der Waals surface area contributed by atoms with Crippen molar-refractivity contribution in [3.05, 3.63) is 0 Å². The standard InChI is InChI=1S/C11H18N2O3/c1-5-7-12(4)11(16)13(8-10(14)15)9(3)6-2/h1,9H,6-8H2,2-4H3,(H,14,15). The molecule has 1 N–H and O–H groups in total. The Morgan fingerprint density at radius 3 is 2.44 bits per heavy atom. The van der Waals surface area contributed by atoms with Crippen molar-refractivity contribution in [2.75, 3.05) is 20.1 Å². The van der Waals surface area contributed by atoms with Gasteiger partial charge in [-0.1, -0.05) is 12.8 Å². The molecule has 2 amide bonds. The van der Waals surface area contributed by atoms with Gasteiger partial charge in [0.25, 0.3) is 0 Å². The minimum Gasteiger partial charge on any atom is -0.480 e. The van der Waals surface area contributed by atoms with Gasteiger partial charge in [-0.2, -0.15) is 0 Å². The van der Waals surface area contributed by atoms with Crippen LogP contribution in [0.4, 0.5) is 4.79 Å². The van der Waals surface area contributed by atoms with E-state index < -0.39 is 5.97 Å². The highest BCUT2D eigenvalue weighted by Gasteiger charge is 2.23. The third-order valence-corrected chi connectivity index (χ3v) is 2.33. The van der Waals surface area contributed by atoms with Gasteiger partial charge in [-0.3, -0.25) is 4.79 Å². The zero-order valence-corrected chi connectivity index (χ0v) is 9.93. The van der Waals surface area contributed by atoms with E-state index in [1.165, 1.54) is 9.80 Å². The lowest BCUT2D eigenvalue weighted by Crippen LogP contribution is -2.48. The Labute approximate surface area is 96.0 Å². The summed E-state index contributed by atoms with van der Waals surface area (Å²) in [6.45, 7) is 3.58. The van der Waals surface area contributed by atoms with Crippen molar-refractivity contribution in [3.63, 3.8) is 0 Å². The first-order valence-corrected chi connectivity index (χ1v) is 5.11.